The van der Waals surface area contributed by atoms with Crippen LogP contribution in [-0.2, 0) is 13.0 Å². The molecule has 1 fully saturated rings. The van der Waals surface area contributed by atoms with E-state index in [1.54, 1.807) is 0 Å². The Hall–Kier alpha value is -2.69. The van der Waals surface area contributed by atoms with E-state index in [2.05, 4.69) is 27.9 Å². The summed E-state index contributed by atoms with van der Waals surface area (Å²) in [6.07, 6.45) is 5.29. The van der Waals surface area contributed by atoms with Gasteiger partial charge in [-0.15, -0.1) is 0 Å². The molecule has 0 atom stereocenters. The first-order valence-corrected chi connectivity index (χ1v) is 9.47. The van der Waals surface area contributed by atoms with E-state index < -0.39 is 11.6 Å². The lowest BCUT2D eigenvalue weighted by Crippen LogP contribution is -2.30. The van der Waals surface area contributed by atoms with Gasteiger partial charge in [-0.1, -0.05) is 6.07 Å². The predicted octanol–water partition coefficient (Wildman–Crippen LogP) is 5.10. The fourth-order valence-corrected chi connectivity index (χ4v) is 4.04. The second-order valence-corrected chi connectivity index (χ2v) is 7.62. The van der Waals surface area contributed by atoms with Crippen molar-refractivity contribution >= 4 is 5.69 Å². The van der Waals surface area contributed by atoms with Gasteiger partial charge < -0.3 is 9.88 Å². The van der Waals surface area contributed by atoms with Crippen molar-refractivity contribution in [2.24, 2.45) is 0 Å². The Morgan fingerprint density at radius 2 is 1.93 bits per heavy atom. The number of rotatable bonds is 3. The van der Waals surface area contributed by atoms with Gasteiger partial charge in [0.1, 0.15) is 11.6 Å². The Morgan fingerprint density at radius 1 is 1.15 bits per heavy atom. The van der Waals surface area contributed by atoms with Crippen molar-refractivity contribution in [2.75, 3.05) is 11.4 Å². The average Bonchev–Trinajstić information content (AvgIpc) is 3.41. The molecule has 2 aromatic heterocycles. The van der Waals surface area contributed by atoms with Gasteiger partial charge in [-0.05, 0) is 55.2 Å². The summed E-state index contributed by atoms with van der Waals surface area (Å²) in [5.74, 6) is -0.434. The molecule has 1 N–H and O–H groups in total. The lowest BCUT2D eigenvalue weighted by molar-refractivity contribution is 0.589. The van der Waals surface area contributed by atoms with Crippen LogP contribution in [0.15, 0.2) is 36.5 Å². The van der Waals surface area contributed by atoms with Crippen LogP contribution in [-0.4, -0.2) is 16.5 Å². The maximum Gasteiger partial charge on any atom is 0.135 e. The van der Waals surface area contributed by atoms with Crippen molar-refractivity contribution in [3.63, 3.8) is 0 Å². The molecule has 3 heterocycles. The maximum absolute atomic E-state index is 14.1. The number of aromatic nitrogens is 2. The van der Waals surface area contributed by atoms with Gasteiger partial charge in [0.25, 0.3) is 0 Å². The molecular weight excluding hydrogens is 344 g/mol. The van der Waals surface area contributed by atoms with E-state index in [0.29, 0.717) is 18.2 Å². The lowest BCUT2D eigenvalue weighted by atomic mass is 10.0. The summed E-state index contributed by atoms with van der Waals surface area (Å²) in [5, 5.41) is 0. The van der Waals surface area contributed by atoms with Gasteiger partial charge in [-0.3, -0.25) is 4.98 Å². The van der Waals surface area contributed by atoms with Gasteiger partial charge in [0, 0.05) is 36.8 Å². The number of halogens is 2. The molecule has 0 radical (unpaired) electrons. The molecule has 27 heavy (non-hydrogen) atoms. The quantitative estimate of drug-likeness (QED) is 0.700. The molecular formula is C22H21F2N3. The van der Waals surface area contributed by atoms with Crippen LogP contribution < -0.4 is 4.90 Å². The van der Waals surface area contributed by atoms with E-state index in [0.717, 1.165) is 29.9 Å². The Kier molecular flexibility index (Phi) is 3.78. The van der Waals surface area contributed by atoms with Crippen LogP contribution in [0.1, 0.15) is 41.3 Å². The fourth-order valence-electron chi connectivity index (χ4n) is 4.04. The van der Waals surface area contributed by atoms with Crippen molar-refractivity contribution in [3.05, 3.63) is 70.7 Å². The van der Waals surface area contributed by atoms with Crippen molar-refractivity contribution < 1.29 is 8.78 Å². The topological polar surface area (TPSA) is 31.9 Å². The van der Waals surface area contributed by atoms with Gasteiger partial charge in [-0.25, -0.2) is 8.78 Å². The van der Waals surface area contributed by atoms with Crippen LogP contribution in [0.2, 0.25) is 0 Å². The highest BCUT2D eigenvalue weighted by Crippen LogP contribution is 2.40. The third-order valence-corrected chi connectivity index (χ3v) is 5.66. The normalized spacial score (nSPS) is 16.5. The summed E-state index contributed by atoms with van der Waals surface area (Å²) in [5.41, 5.74) is 6.26. The van der Waals surface area contributed by atoms with Gasteiger partial charge in [0.2, 0.25) is 0 Å². The molecule has 3 nitrogen and oxygen atoms in total. The molecule has 1 aliphatic carbocycles. The fraction of sp³-hybridized carbons (Fsp3) is 0.318. The summed E-state index contributed by atoms with van der Waals surface area (Å²) in [4.78, 5) is 10.2. The molecule has 1 aromatic carbocycles. The summed E-state index contributed by atoms with van der Waals surface area (Å²) in [7, 11) is 0. The number of anilines is 1. The molecule has 5 heteroatoms. The molecule has 5 rings (SSSR count). The molecule has 138 valence electrons. The third-order valence-electron chi connectivity index (χ3n) is 5.66. The SMILES string of the molecule is Cc1cc(C2CC2)ncc1N1CCc2[nH]c(-c3c(F)cccc3F)cc2C1. The standard InChI is InChI=1S/C22H21F2N3/c1-13-9-19(14-5-6-14)25-11-21(13)27-8-7-18-15(12-27)10-20(26-18)22-16(23)3-2-4-17(22)24/h2-4,9-11,14,26H,5-8,12H2,1H3. The Balaban J connectivity index is 1.44. The van der Waals surface area contributed by atoms with Crippen LogP contribution in [0.4, 0.5) is 14.5 Å². The number of aryl methyl sites for hydroxylation is 1. The van der Waals surface area contributed by atoms with Crippen LogP contribution in [0.25, 0.3) is 11.3 Å². The zero-order chi connectivity index (χ0) is 18.5. The summed E-state index contributed by atoms with van der Waals surface area (Å²) in [6.45, 7) is 3.71. The third kappa shape index (κ3) is 2.91. The van der Waals surface area contributed by atoms with E-state index in [4.69, 9.17) is 0 Å². The van der Waals surface area contributed by atoms with Crippen molar-refractivity contribution in [3.8, 4) is 11.3 Å². The molecule has 0 bridgehead atoms. The monoisotopic (exact) mass is 365 g/mol. The van der Waals surface area contributed by atoms with Crippen LogP contribution >= 0.6 is 0 Å². The average molecular weight is 365 g/mol. The molecule has 2 aliphatic rings. The largest absolute Gasteiger partial charge is 0.365 e. The van der Waals surface area contributed by atoms with Gasteiger partial charge >= 0.3 is 0 Å². The zero-order valence-corrected chi connectivity index (χ0v) is 15.2. The van der Waals surface area contributed by atoms with Crippen molar-refractivity contribution in [2.45, 2.75) is 38.6 Å². The molecule has 0 unspecified atom stereocenters. The molecule has 0 spiro atoms. The zero-order valence-electron chi connectivity index (χ0n) is 15.2. The summed E-state index contributed by atoms with van der Waals surface area (Å²) < 4.78 is 28.2. The van der Waals surface area contributed by atoms with Crippen LogP contribution in [0, 0.1) is 18.6 Å². The number of nitrogens with zero attached hydrogens (tertiary/aromatic N) is 2. The minimum Gasteiger partial charge on any atom is -0.365 e. The first-order chi connectivity index (χ1) is 13.1. The highest BCUT2D eigenvalue weighted by molar-refractivity contribution is 5.64. The molecule has 0 amide bonds. The molecule has 1 saturated carbocycles. The van der Waals surface area contributed by atoms with E-state index in [9.17, 15) is 8.78 Å². The van der Waals surface area contributed by atoms with Crippen molar-refractivity contribution in [1.29, 1.82) is 0 Å². The highest BCUT2D eigenvalue weighted by Gasteiger charge is 2.27. The number of H-pyrrole nitrogens is 1. The van der Waals surface area contributed by atoms with Crippen molar-refractivity contribution in [1.82, 2.24) is 9.97 Å². The minimum absolute atomic E-state index is 0.0186. The first-order valence-electron chi connectivity index (χ1n) is 9.47. The number of hydrogen-bond donors (Lipinski definition) is 1. The number of fused-ring (bicyclic) bond motifs is 1. The van der Waals surface area contributed by atoms with E-state index >= 15 is 0 Å². The molecule has 3 aromatic rings. The predicted molar refractivity (Wildman–Crippen MR) is 102 cm³/mol. The number of nitrogens with one attached hydrogen (secondary N) is 1. The molecule has 0 saturated heterocycles. The Labute approximate surface area is 157 Å². The Morgan fingerprint density at radius 3 is 2.63 bits per heavy atom. The number of aromatic amines is 1. The maximum atomic E-state index is 14.1. The smallest absolute Gasteiger partial charge is 0.135 e. The van der Waals surface area contributed by atoms with E-state index in [-0.39, 0.29) is 5.56 Å². The van der Waals surface area contributed by atoms with E-state index in [1.807, 2.05) is 12.3 Å². The van der Waals surface area contributed by atoms with Gasteiger partial charge in [-0.2, -0.15) is 0 Å². The highest BCUT2D eigenvalue weighted by atomic mass is 19.1. The summed E-state index contributed by atoms with van der Waals surface area (Å²) >= 11 is 0. The number of benzene rings is 1. The number of hydrogen-bond acceptors (Lipinski definition) is 2. The second-order valence-electron chi connectivity index (χ2n) is 7.62. The first kappa shape index (κ1) is 16.5. The van der Waals surface area contributed by atoms with E-state index in [1.165, 1.54) is 42.3 Å². The summed E-state index contributed by atoms with van der Waals surface area (Å²) in [6, 6.07) is 8.06. The Bertz CT molecular complexity index is 1000. The van der Waals surface area contributed by atoms with Crippen LogP contribution in [0.3, 0.4) is 0 Å². The molecule has 1 aliphatic heterocycles. The second kappa shape index (κ2) is 6.19. The lowest BCUT2D eigenvalue weighted by Gasteiger charge is -2.30. The van der Waals surface area contributed by atoms with Crippen LogP contribution in [0.5, 0.6) is 0 Å². The number of pyridine rings is 1. The minimum atomic E-state index is -0.541. The van der Waals surface area contributed by atoms with Gasteiger partial charge in [0.05, 0.1) is 23.1 Å². The van der Waals surface area contributed by atoms with Gasteiger partial charge in [0.15, 0.2) is 0 Å².